The van der Waals surface area contributed by atoms with Crippen molar-refractivity contribution in [3.05, 3.63) is 34.9 Å². The third-order valence-corrected chi connectivity index (χ3v) is 5.91. The summed E-state index contributed by atoms with van der Waals surface area (Å²) in [6, 6.07) is 4.13. The van der Waals surface area contributed by atoms with Crippen molar-refractivity contribution in [2.45, 2.75) is 45.2 Å². The summed E-state index contributed by atoms with van der Waals surface area (Å²) in [5, 5.41) is 13.8. The molecule has 8 heteroatoms. The highest BCUT2D eigenvalue weighted by Crippen LogP contribution is 2.27. The quantitative estimate of drug-likeness (QED) is 0.623. The largest absolute Gasteiger partial charge is 0.364 e. The summed E-state index contributed by atoms with van der Waals surface area (Å²) in [5.74, 6) is 1.50. The molecule has 0 aliphatic heterocycles. The lowest BCUT2D eigenvalue weighted by Crippen LogP contribution is -2.28. The summed E-state index contributed by atoms with van der Waals surface area (Å²) in [6.07, 6.45) is 8.89. The average molecular weight is 385 g/mol. The molecular weight excluding hydrogens is 360 g/mol. The van der Waals surface area contributed by atoms with Crippen molar-refractivity contribution in [1.29, 1.82) is 0 Å². The van der Waals surface area contributed by atoms with Crippen LogP contribution in [0, 0.1) is 5.92 Å². The number of nitrogens with zero attached hydrogens (tertiary/aromatic N) is 4. The van der Waals surface area contributed by atoms with E-state index >= 15 is 0 Å². The topological polar surface area (TPSA) is 84.7 Å². The van der Waals surface area contributed by atoms with Crippen LogP contribution in [-0.2, 0) is 17.9 Å². The van der Waals surface area contributed by atoms with Crippen LogP contribution in [-0.4, -0.2) is 32.2 Å². The molecule has 0 bridgehead atoms. The number of fused-ring (bicyclic) bond motifs is 1. The number of anilines is 1. The Labute approximate surface area is 162 Å². The third-order valence-electron chi connectivity index (χ3n) is 5.04. The molecule has 1 aliphatic rings. The van der Waals surface area contributed by atoms with Crippen LogP contribution in [0.5, 0.6) is 0 Å². The standard InChI is InChI=1S/C19H24N6OS/c26-17(10-14-4-1-2-5-14)20-7-8-25-19-16(12-24-25)18(22-13-23-19)21-11-15-6-3-9-27-15/h3,6,9,12-14H,1-2,4-5,7-8,10-11H2,(H,20,26)(H,21,22,23). The van der Waals surface area contributed by atoms with Crippen molar-refractivity contribution in [2.75, 3.05) is 11.9 Å². The van der Waals surface area contributed by atoms with Gasteiger partial charge in [-0.25, -0.2) is 14.6 Å². The Morgan fingerprint density at radius 3 is 3.00 bits per heavy atom. The summed E-state index contributed by atoms with van der Waals surface area (Å²) in [6.45, 7) is 1.89. The molecule has 3 aromatic rings. The van der Waals surface area contributed by atoms with E-state index in [4.69, 9.17) is 0 Å². The average Bonchev–Trinajstić information content (AvgIpc) is 3.42. The lowest BCUT2D eigenvalue weighted by Gasteiger charge is -2.10. The van der Waals surface area contributed by atoms with Gasteiger partial charge in [0.05, 0.1) is 24.7 Å². The van der Waals surface area contributed by atoms with Crippen LogP contribution in [0.25, 0.3) is 11.0 Å². The minimum atomic E-state index is 0.145. The zero-order valence-electron chi connectivity index (χ0n) is 15.2. The molecule has 2 N–H and O–H groups in total. The number of rotatable bonds is 8. The van der Waals surface area contributed by atoms with Gasteiger partial charge in [0.1, 0.15) is 12.1 Å². The zero-order valence-corrected chi connectivity index (χ0v) is 16.0. The second kappa shape index (κ2) is 8.47. The molecule has 0 unspecified atom stereocenters. The molecule has 0 atom stereocenters. The zero-order chi connectivity index (χ0) is 18.5. The molecule has 3 heterocycles. The van der Waals surface area contributed by atoms with Crippen LogP contribution < -0.4 is 10.6 Å². The lowest BCUT2D eigenvalue weighted by molar-refractivity contribution is -0.122. The number of hydrogen-bond acceptors (Lipinski definition) is 6. The van der Waals surface area contributed by atoms with Gasteiger partial charge in [0, 0.05) is 17.8 Å². The number of aromatic nitrogens is 4. The fraction of sp³-hybridized carbons (Fsp3) is 0.474. The second-order valence-corrected chi connectivity index (χ2v) is 8.00. The minimum Gasteiger partial charge on any atom is -0.364 e. The van der Waals surface area contributed by atoms with Crippen molar-refractivity contribution in [3.8, 4) is 0 Å². The van der Waals surface area contributed by atoms with Gasteiger partial charge in [-0.2, -0.15) is 5.10 Å². The van der Waals surface area contributed by atoms with Crippen molar-refractivity contribution >= 4 is 34.1 Å². The number of hydrogen-bond donors (Lipinski definition) is 2. The molecule has 0 saturated heterocycles. The van der Waals surface area contributed by atoms with E-state index in [1.807, 2.05) is 10.7 Å². The van der Waals surface area contributed by atoms with E-state index in [0.29, 0.717) is 25.4 Å². The predicted molar refractivity (Wildman–Crippen MR) is 107 cm³/mol. The van der Waals surface area contributed by atoms with Crippen LogP contribution in [0.3, 0.4) is 0 Å². The number of carbonyl (C=O) groups excluding carboxylic acids is 1. The highest BCUT2D eigenvalue weighted by molar-refractivity contribution is 7.09. The summed E-state index contributed by atoms with van der Waals surface area (Å²) in [4.78, 5) is 22.0. The van der Waals surface area contributed by atoms with Gasteiger partial charge in [0.2, 0.25) is 5.91 Å². The molecule has 7 nitrogen and oxygen atoms in total. The van der Waals surface area contributed by atoms with Gasteiger partial charge < -0.3 is 10.6 Å². The van der Waals surface area contributed by atoms with E-state index in [0.717, 1.165) is 23.4 Å². The van der Waals surface area contributed by atoms with Gasteiger partial charge in [0.25, 0.3) is 0 Å². The number of amides is 1. The van der Waals surface area contributed by atoms with Crippen LogP contribution in [0.4, 0.5) is 5.82 Å². The molecule has 3 aromatic heterocycles. The number of thiophene rings is 1. The maximum Gasteiger partial charge on any atom is 0.220 e. The first-order chi connectivity index (χ1) is 13.3. The lowest BCUT2D eigenvalue weighted by atomic mass is 10.0. The van der Waals surface area contributed by atoms with E-state index < -0.39 is 0 Å². The Hall–Kier alpha value is -2.48. The van der Waals surface area contributed by atoms with Crippen molar-refractivity contribution in [2.24, 2.45) is 5.92 Å². The van der Waals surface area contributed by atoms with Crippen LogP contribution in [0.2, 0.25) is 0 Å². The Kier molecular flexibility index (Phi) is 5.62. The predicted octanol–water partition coefficient (Wildman–Crippen LogP) is 3.20. The first kappa shape index (κ1) is 17.9. The van der Waals surface area contributed by atoms with Crippen molar-refractivity contribution < 1.29 is 4.79 Å². The molecule has 0 spiro atoms. The summed E-state index contributed by atoms with van der Waals surface area (Å²) >= 11 is 1.71. The van der Waals surface area contributed by atoms with Gasteiger partial charge in [-0.05, 0) is 30.2 Å². The van der Waals surface area contributed by atoms with E-state index in [2.05, 4.69) is 37.1 Å². The van der Waals surface area contributed by atoms with E-state index in [-0.39, 0.29) is 5.91 Å². The molecular formula is C19H24N6OS. The van der Waals surface area contributed by atoms with Crippen LogP contribution >= 0.6 is 11.3 Å². The molecule has 4 rings (SSSR count). The Balaban J connectivity index is 1.33. The Bertz CT molecular complexity index is 885. The fourth-order valence-corrected chi connectivity index (χ4v) is 4.28. The van der Waals surface area contributed by atoms with Gasteiger partial charge in [0.15, 0.2) is 5.65 Å². The molecule has 142 valence electrons. The summed E-state index contributed by atoms with van der Waals surface area (Å²) in [5.41, 5.74) is 0.781. The molecule has 27 heavy (non-hydrogen) atoms. The second-order valence-electron chi connectivity index (χ2n) is 6.96. The van der Waals surface area contributed by atoms with Gasteiger partial charge in [-0.3, -0.25) is 4.79 Å². The number of nitrogens with one attached hydrogen (secondary N) is 2. The molecule has 1 fully saturated rings. The molecule has 1 amide bonds. The summed E-state index contributed by atoms with van der Waals surface area (Å²) < 4.78 is 1.82. The first-order valence-electron chi connectivity index (χ1n) is 9.49. The van der Waals surface area contributed by atoms with Crippen LogP contribution in [0.15, 0.2) is 30.0 Å². The maximum atomic E-state index is 12.1. The normalized spacial score (nSPS) is 14.7. The van der Waals surface area contributed by atoms with Crippen LogP contribution in [0.1, 0.15) is 37.0 Å². The molecule has 0 aromatic carbocycles. The van der Waals surface area contributed by atoms with Crippen molar-refractivity contribution in [3.63, 3.8) is 0 Å². The maximum absolute atomic E-state index is 12.1. The van der Waals surface area contributed by atoms with Gasteiger partial charge in [-0.1, -0.05) is 18.9 Å². The van der Waals surface area contributed by atoms with Crippen molar-refractivity contribution in [1.82, 2.24) is 25.1 Å². The smallest absolute Gasteiger partial charge is 0.220 e. The monoisotopic (exact) mass is 384 g/mol. The SMILES string of the molecule is O=C(CC1CCCC1)NCCn1ncc2c(NCc3cccs3)ncnc21. The van der Waals surface area contributed by atoms with E-state index in [1.165, 1.54) is 30.6 Å². The van der Waals surface area contributed by atoms with Gasteiger partial charge >= 0.3 is 0 Å². The minimum absolute atomic E-state index is 0.145. The molecule has 1 saturated carbocycles. The van der Waals surface area contributed by atoms with E-state index in [1.54, 1.807) is 23.9 Å². The fourth-order valence-electron chi connectivity index (χ4n) is 3.63. The third kappa shape index (κ3) is 4.44. The summed E-state index contributed by atoms with van der Waals surface area (Å²) in [7, 11) is 0. The number of carbonyl (C=O) groups is 1. The molecule has 1 aliphatic carbocycles. The highest BCUT2D eigenvalue weighted by atomic mass is 32.1. The van der Waals surface area contributed by atoms with Gasteiger partial charge in [-0.15, -0.1) is 11.3 Å². The van der Waals surface area contributed by atoms with E-state index in [9.17, 15) is 4.79 Å². The Morgan fingerprint density at radius 1 is 1.30 bits per heavy atom. The first-order valence-corrected chi connectivity index (χ1v) is 10.4. The Morgan fingerprint density at radius 2 is 2.19 bits per heavy atom. The highest BCUT2D eigenvalue weighted by Gasteiger charge is 2.18. The molecule has 0 radical (unpaired) electrons.